The van der Waals surface area contributed by atoms with E-state index in [9.17, 15) is 28.4 Å². The second-order valence-corrected chi connectivity index (χ2v) is 11.7. The zero-order valence-corrected chi connectivity index (χ0v) is 26.0. The average Bonchev–Trinajstić information content (AvgIpc) is 3.11. The lowest BCUT2D eigenvalue weighted by Gasteiger charge is -2.20. The number of carbonyl (C=O) groups excluding carboxylic acids is 5. The first-order valence-electron chi connectivity index (χ1n) is 14.8. The van der Waals surface area contributed by atoms with Gasteiger partial charge in [-0.05, 0) is 66.2 Å². The highest BCUT2D eigenvalue weighted by molar-refractivity contribution is 8.00. The Morgan fingerprint density at radius 2 is 1.31 bits per heavy atom. The van der Waals surface area contributed by atoms with Gasteiger partial charge >= 0.3 is 0 Å². The van der Waals surface area contributed by atoms with Gasteiger partial charge in [-0.15, -0.1) is 11.8 Å². The number of hydrogen-bond acceptors (Lipinski definition) is 6. The van der Waals surface area contributed by atoms with Gasteiger partial charge < -0.3 is 16.0 Å². The quantitative estimate of drug-likeness (QED) is 0.117. The van der Waals surface area contributed by atoms with E-state index in [1.54, 1.807) is 97.1 Å². The summed E-state index contributed by atoms with van der Waals surface area (Å²) in [5.74, 6) is -2.45. The van der Waals surface area contributed by atoms with Crippen molar-refractivity contribution in [1.82, 2.24) is 5.32 Å². The van der Waals surface area contributed by atoms with Gasteiger partial charge in [0.1, 0.15) is 11.5 Å². The molecular formula is C38H26FN3O5S. The number of thioether (sulfide) groups is 1. The van der Waals surface area contributed by atoms with Crippen LogP contribution in [0.3, 0.4) is 0 Å². The predicted octanol–water partition coefficient (Wildman–Crippen LogP) is 6.74. The van der Waals surface area contributed by atoms with Gasteiger partial charge in [0.15, 0.2) is 11.6 Å². The number of halogens is 1. The monoisotopic (exact) mass is 655 g/mol. The number of rotatable bonds is 9. The normalized spacial score (nSPS) is 12.1. The van der Waals surface area contributed by atoms with Gasteiger partial charge in [0.05, 0.1) is 17.0 Å². The second kappa shape index (κ2) is 14.1. The molecule has 0 bridgehead atoms. The van der Waals surface area contributed by atoms with Crippen LogP contribution in [0.5, 0.6) is 0 Å². The van der Waals surface area contributed by atoms with E-state index in [0.717, 1.165) is 4.90 Å². The van der Waals surface area contributed by atoms with Crippen molar-refractivity contribution in [1.29, 1.82) is 0 Å². The third-order valence-electron chi connectivity index (χ3n) is 7.42. The molecular weight excluding hydrogens is 629 g/mol. The Bertz CT molecular complexity index is 2100. The van der Waals surface area contributed by atoms with Gasteiger partial charge in [0.25, 0.3) is 11.8 Å². The third-order valence-corrected chi connectivity index (χ3v) is 8.43. The van der Waals surface area contributed by atoms with E-state index in [0.29, 0.717) is 27.9 Å². The molecule has 48 heavy (non-hydrogen) atoms. The van der Waals surface area contributed by atoms with Gasteiger partial charge in [0.2, 0.25) is 5.91 Å². The molecule has 1 aliphatic rings. The van der Waals surface area contributed by atoms with E-state index in [2.05, 4.69) is 16.0 Å². The number of anilines is 2. The maximum atomic E-state index is 13.4. The van der Waals surface area contributed by atoms with Gasteiger partial charge in [-0.25, -0.2) is 4.39 Å². The summed E-state index contributed by atoms with van der Waals surface area (Å²) >= 11 is 1.24. The highest BCUT2D eigenvalue weighted by atomic mass is 32.2. The van der Waals surface area contributed by atoms with Crippen LogP contribution in [0, 0.1) is 5.82 Å². The van der Waals surface area contributed by atoms with Crippen molar-refractivity contribution < 1.29 is 28.4 Å². The Balaban J connectivity index is 1.10. The minimum absolute atomic E-state index is 0.0180. The fourth-order valence-electron chi connectivity index (χ4n) is 5.09. The Morgan fingerprint density at radius 3 is 2.02 bits per heavy atom. The zero-order chi connectivity index (χ0) is 33.6. The number of fused-ring (bicyclic) bond motifs is 2. The fourth-order valence-corrected chi connectivity index (χ4v) is 5.78. The van der Waals surface area contributed by atoms with Crippen molar-refractivity contribution in [3.05, 3.63) is 166 Å². The molecule has 236 valence electrons. The standard InChI is InChI=1S/C38H26FN3O5S/c39-25-15-13-23(14-16-25)21-32(42-37(46)24-7-2-1-3-8-24)38(47)40-26-17-19-27(20-18-26)48-22-33(43)41-31-12-6-11-30-34(31)36(45)29-10-5-4-9-28(29)35(30)44/h1-21H,22H2,(H,40,47)(H,41,43)(H,42,46)/b32-21-. The number of ketones is 2. The van der Waals surface area contributed by atoms with Crippen LogP contribution in [-0.4, -0.2) is 35.0 Å². The molecule has 0 unspecified atom stereocenters. The number of nitrogens with one attached hydrogen (secondary N) is 3. The topological polar surface area (TPSA) is 121 Å². The largest absolute Gasteiger partial charge is 0.325 e. The van der Waals surface area contributed by atoms with Gasteiger partial charge in [-0.2, -0.15) is 0 Å². The van der Waals surface area contributed by atoms with Crippen LogP contribution in [0.1, 0.15) is 47.8 Å². The number of hydrogen-bond donors (Lipinski definition) is 3. The minimum atomic E-state index is -0.592. The molecule has 0 aliphatic heterocycles. The summed E-state index contributed by atoms with van der Waals surface area (Å²) in [4.78, 5) is 66.0. The molecule has 3 N–H and O–H groups in total. The van der Waals surface area contributed by atoms with Crippen molar-refractivity contribution in [2.24, 2.45) is 0 Å². The molecule has 1 aliphatic carbocycles. The lowest BCUT2D eigenvalue weighted by Crippen LogP contribution is -2.30. The maximum Gasteiger partial charge on any atom is 0.272 e. The molecule has 8 nitrogen and oxygen atoms in total. The molecule has 0 fully saturated rings. The number of carbonyl (C=O) groups is 5. The van der Waals surface area contributed by atoms with E-state index in [1.807, 2.05) is 0 Å². The van der Waals surface area contributed by atoms with Crippen LogP contribution in [0.4, 0.5) is 15.8 Å². The fraction of sp³-hybridized carbons (Fsp3) is 0.0263. The Hall–Kier alpha value is -6.13. The molecule has 0 aromatic heterocycles. The lowest BCUT2D eigenvalue weighted by molar-refractivity contribution is -0.114. The van der Waals surface area contributed by atoms with Gasteiger partial charge in [0, 0.05) is 32.8 Å². The molecule has 0 atom stereocenters. The predicted molar refractivity (Wildman–Crippen MR) is 182 cm³/mol. The Labute approximate surface area is 279 Å². The highest BCUT2D eigenvalue weighted by Gasteiger charge is 2.31. The molecule has 5 aromatic carbocycles. The number of amides is 3. The van der Waals surface area contributed by atoms with Crippen LogP contribution in [0.25, 0.3) is 6.08 Å². The molecule has 6 rings (SSSR count). The van der Waals surface area contributed by atoms with Crippen LogP contribution in [0.15, 0.2) is 132 Å². The van der Waals surface area contributed by atoms with E-state index >= 15 is 0 Å². The Kier molecular flexibility index (Phi) is 9.35. The summed E-state index contributed by atoms with van der Waals surface area (Å²) in [6, 6.07) is 32.1. The van der Waals surface area contributed by atoms with Crippen molar-refractivity contribution >= 4 is 58.5 Å². The van der Waals surface area contributed by atoms with Crippen molar-refractivity contribution in [2.45, 2.75) is 4.90 Å². The van der Waals surface area contributed by atoms with E-state index in [-0.39, 0.29) is 45.7 Å². The summed E-state index contributed by atoms with van der Waals surface area (Å²) < 4.78 is 13.4. The number of benzene rings is 5. The van der Waals surface area contributed by atoms with E-state index in [4.69, 9.17) is 0 Å². The van der Waals surface area contributed by atoms with Crippen molar-refractivity contribution in [3.63, 3.8) is 0 Å². The molecule has 0 spiro atoms. The van der Waals surface area contributed by atoms with Crippen LogP contribution in [-0.2, 0) is 9.59 Å². The first kappa shape index (κ1) is 31.8. The average molecular weight is 656 g/mol. The second-order valence-electron chi connectivity index (χ2n) is 10.7. The van der Waals surface area contributed by atoms with Gasteiger partial charge in [-0.3, -0.25) is 24.0 Å². The molecule has 0 saturated carbocycles. The van der Waals surface area contributed by atoms with Gasteiger partial charge in [-0.1, -0.05) is 66.7 Å². The molecule has 10 heteroatoms. The minimum Gasteiger partial charge on any atom is -0.325 e. The summed E-state index contributed by atoms with van der Waals surface area (Å²) in [6.45, 7) is 0. The maximum absolute atomic E-state index is 13.4. The molecule has 0 heterocycles. The molecule has 0 saturated heterocycles. The highest BCUT2D eigenvalue weighted by Crippen LogP contribution is 2.32. The summed E-state index contributed by atoms with van der Waals surface area (Å²) in [7, 11) is 0. The first-order valence-corrected chi connectivity index (χ1v) is 15.7. The van der Waals surface area contributed by atoms with Crippen LogP contribution < -0.4 is 16.0 Å². The summed E-state index contributed by atoms with van der Waals surface area (Å²) in [6.07, 6.45) is 1.45. The Morgan fingerprint density at radius 1 is 0.667 bits per heavy atom. The van der Waals surface area contributed by atoms with Crippen molar-refractivity contribution in [3.8, 4) is 0 Å². The molecule has 5 aromatic rings. The van der Waals surface area contributed by atoms with E-state index < -0.39 is 17.6 Å². The zero-order valence-electron chi connectivity index (χ0n) is 25.2. The first-order chi connectivity index (χ1) is 23.3. The SMILES string of the molecule is O=C(CSc1ccc(NC(=O)/C(=C/c2ccc(F)cc2)NC(=O)c2ccccc2)cc1)Nc1cccc2c1C(=O)c1ccccc1C2=O. The van der Waals surface area contributed by atoms with Crippen molar-refractivity contribution in [2.75, 3.05) is 16.4 Å². The van der Waals surface area contributed by atoms with Crippen LogP contribution >= 0.6 is 11.8 Å². The molecule has 3 amide bonds. The smallest absolute Gasteiger partial charge is 0.272 e. The summed E-state index contributed by atoms with van der Waals surface area (Å²) in [5.41, 5.74) is 2.59. The van der Waals surface area contributed by atoms with Crippen LogP contribution in [0.2, 0.25) is 0 Å². The van der Waals surface area contributed by atoms with E-state index in [1.165, 1.54) is 42.1 Å². The lowest BCUT2D eigenvalue weighted by atomic mass is 9.83. The molecule has 0 radical (unpaired) electrons. The third kappa shape index (κ3) is 7.14. The summed E-state index contributed by atoms with van der Waals surface area (Å²) in [5, 5.41) is 8.16.